The van der Waals surface area contributed by atoms with Crippen molar-refractivity contribution in [3.63, 3.8) is 0 Å². The lowest BCUT2D eigenvalue weighted by molar-refractivity contribution is 1.28. The molecule has 0 unspecified atom stereocenters. The van der Waals surface area contributed by atoms with Crippen molar-refractivity contribution in [2.24, 2.45) is 0 Å². The normalized spacial score (nSPS) is 11.7. The molecule has 0 fully saturated rings. The Hall–Kier alpha value is -2.44. The van der Waals surface area contributed by atoms with Crippen LogP contribution in [0.1, 0.15) is 22.8 Å². The fourth-order valence-corrected chi connectivity index (χ4v) is 2.94. The van der Waals surface area contributed by atoms with E-state index in [1.807, 2.05) is 42.5 Å². The van der Waals surface area contributed by atoms with Gasteiger partial charge in [-0.2, -0.15) is 0 Å². The summed E-state index contributed by atoms with van der Waals surface area (Å²) >= 11 is 0. The van der Waals surface area contributed by atoms with E-state index in [1.54, 1.807) is 0 Å². The smallest absolute Gasteiger partial charge is 0.0659 e. The Morgan fingerprint density at radius 1 is 0.462 bits per heavy atom. The van der Waals surface area contributed by atoms with Crippen LogP contribution >= 0.6 is 34.0 Å². The minimum atomic E-state index is 0. The molecule has 3 aromatic rings. The number of nitrogens with one attached hydrogen (secondary N) is 2. The monoisotopic (exact) mass is 470 g/mol. The fraction of sp³-hybridized carbons (Fsp3) is 0. The lowest BCUT2D eigenvalue weighted by atomic mass is 10.3. The van der Waals surface area contributed by atoms with Crippen LogP contribution in [-0.4, -0.2) is 19.9 Å². The standard InChI is InChI=1S/C20H14N4.2BrH/c1-2-14-10-16-5-6-18(23-16)12-20-8-7-19(24-20)11-17-4-3-15(22-17)9-13(1)21-14;;/h1-12,21-22H;2*1H. The third kappa shape index (κ3) is 3.71. The summed E-state index contributed by atoms with van der Waals surface area (Å²) in [6, 6.07) is 16.4. The first-order chi connectivity index (χ1) is 11.8. The molecule has 5 rings (SSSR count). The van der Waals surface area contributed by atoms with Gasteiger partial charge in [0.2, 0.25) is 0 Å². The second kappa shape index (κ2) is 7.43. The SMILES string of the molecule is Br.Br.C1=Cc2cc3ccc(cc4ccc(cc5nc(cc1n2)C=C5)[nH]4)[nH]3. The molecule has 2 aliphatic heterocycles. The summed E-state index contributed by atoms with van der Waals surface area (Å²) in [4.78, 5) is 16.0. The van der Waals surface area contributed by atoms with Crippen LogP contribution in [0, 0.1) is 0 Å². The van der Waals surface area contributed by atoms with Crippen LogP contribution in [0.2, 0.25) is 0 Å². The molecule has 0 aromatic carbocycles. The van der Waals surface area contributed by atoms with Crippen molar-refractivity contribution in [3.05, 3.63) is 71.3 Å². The molecule has 8 bridgehead atoms. The van der Waals surface area contributed by atoms with Crippen molar-refractivity contribution in [3.8, 4) is 0 Å². The zero-order valence-electron chi connectivity index (χ0n) is 13.6. The van der Waals surface area contributed by atoms with E-state index < -0.39 is 0 Å². The van der Waals surface area contributed by atoms with Crippen LogP contribution in [0.5, 0.6) is 0 Å². The third-order valence-corrected chi connectivity index (χ3v) is 4.04. The van der Waals surface area contributed by atoms with Gasteiger partial charge in [0.15, 0.2) is 0 Å². The third-order valence-electron chi connectivity index (χ3n) is 4.04. The molecule has 0 saturated carbocycles. The van der Waals surface area contributed by atoms with Crippen LogP contribution < -0.4 is 0 Å². The molecule has 5 heterocycles. The summed E-state index contributed by atoms with van der Waals surface area (Å²) in [6.45, 7) is 0. The van der Waals surface area contributed by atoms with Crippen LogP contribution in [-0.2, 0) is 0 Å². The molecular formula is C20H16Br2N4. The maximum atomic E-state index is 4.62. The Kier molecular flexibility index (Phi) is 5.25. The summed E-state index contributed by atoms with van der Waals surface area (Å²) in [5.74, 6) is 0. The quantitative estimate of drug-likeness (QED) is 0.299. The van der Waals surface area contributed by atoms with E-state index in [4.69, 9.17) is 0 Å². The zero-order chi connectivity index (χ0) is 15.9. The Balaban J connectivity index is 0.000000980. The number of rotatable bonds is 0. The molecule has 0 atom stereocenters. The topological polar surface area (TPSA) is 57.4 Å². The van der Waals surface area contributed by atoms with Gasteiger partial charge < -0.3 is 9.97 Å². The molecule has 0 amide bonds. The first kappa shape index (κ1) is 18.4. The van der Waals surface area contributed by atoms with E-state index in [0.29, 0.717) is 0 Å². The first-order valence-electron chi connectivity index (χ1n) is 7.85. The number of hydrogen-bond donors (Lipinski definition) is 2. The summed E-state index contributed by atoms with van der Waals surface area (Å²) in [6.07, 6.45) is 8.05. The second-order valence-electron chi connectivity index (χ2n) is 5.91. The van der Waals surface area contributed by atoms with Gasteiger partial charge in [-0.3, -0.25) is 0 Å². The van der Waals surface area contributed by atoms with Crippen molar-refractivity contribution in [1.29, 1.82) is 0 Å². The van der Waals surface area contributed by atoms with Crippen molar-refractivity contribution in [2.45, 2.75) is 0 Å². The number of nitrogens with zero attached hydrogens (tertiary/aromatic N) is 2. The molecule has 0 saturated heterocycles. The van der Waals surface area contributed by atoms with Crippen LogP contribution in [0.25, 0.3) is 46.4 Å². The van der Waals surface area contributed by atoms with Crippen LogP contribution in [0.3, 0.4) is 0 Å². The Labute approximate surface area is 171 Å². The van der Waals surface area contributed by atoms with E-state index in [0.717, 1.165) is 44.8 Å². The molecular weight excluding hydrogens is 456 g/mol. The Morgan fingerprint density at radius 3 is 1.23 bits per heavy atom. The van der Waals surface area contributed by atoms with Gasteiger partial charge in [0.1, 0.15) is 0 Å². The van der Waals surface area contributed by atoms with Gasteiger partial charge in [-0.25, -0.2) is 9.97 Å². The summed E-state index contributed by atoms with van der Waals surface area (Å²) in [5, 5.41) is 0. The van der Waals surface area contributed by atoms with Crippen molar-refractivity contribution in [2.75, 3.05) is 0 Å². The van der Waals surface area contributed by atoms with Crippen LogP contribution in [0.15, 0.2) is 48.5 Å². The van der Waals surface area contributed by atoms with Crippen molar-refractivity contribution >= 4 is 80.3 Å². The molecule has 6 heteroatoms. The van der Waals surface area contributed by atoms with E-state index in [-0.39, 0.29) is 34.0 Å². The lowest BCUT2D eigenvalue weighted by Gasteiger charge is -1.86. The highest BCUT2D eigenvalue weighted by Crippen LogP contribution is 2.17. The van der Waals surface area contributed by atoms with Gasteiger partial charge in [-0.15, -0.1) is 34.0 Å². The van der Waals surface area contributed by atoms with Crippen LogP contribution in [0.4, 0.5) is 0 Å². The number of H-pyrrole nitrogens is 2. The zero-order valence-corrected chi connectivity index (χ0v) is 17.1. The van der Waals surface area contributed by atoms with E-state index in [9.17, 15) is 0 Å². The Bertz CT molecular complexity index is 1080. The summed E-state index contributed by atoms with van der Waals surface area (Å²) in [5.41, 5.74) is 7.86. The molecule has 4 nitrogen and oxygen atoms in total. The molecule has 0 radical (unpaired) electrons. The molecule has 2 aliphatic rings. The van der Waals surface area contributed by atoms with E-state index in [2.05, 4.69) is 50.3 Å². The lowest BCUT2D eigenvalue weighted by Crippen LogP contribution is -1.77. The summed E-state index contributed by atoms with van der Waals surface area (Å²) < 4.78 is 0. The largest absolute Gasteiger partial charge is 0.355 e. The molecule has 0 aliphatic carbocycles. The minimum Gasteiger partial charge on any atom is -0.355 e. The highest BCUT2D eigenvalue weighted by Gasteiger charge is 2.02. The highest BCUT2D eigenvalue weighted by atomic mass is 79.9. The fourth-order valence-electron chi connectivity index (χ4n) is 2.94. The van der Waals surface area contributed by atoms with E-state index in [1.165, 1.54) is 0 Å². The molecule has 2 N–H and O–H groups in total. The molecule has 3 aromatic heterocycles. The van der Waals surface area contributed by atoms with Gasteiger partial charge in [0.05, 0.1) is 22.8 Å². The molecule has 26 heavy (non-hydrogen) atoms. The predicted molar refractivity (Wildman–Crippen MR) is 120 cm³/mol. The molecule has 130 valence electrons. The van der Waals surface area contributed by atoms with E-state index >= 15 is 0 Å². The number of aromatic nitrogens is 4. The highest BCUT2D eigenvalue weighted by molar-refractivity contribution is 8.93. The van der Waals surface area contributed by atoms with Gasteiger partial charge in [-0.1, -0.05) is 0 Å². The number of fused-ring (bicyclic) bond motifs is 8. The van der Waals surface area contributed by atoms with Gasteiger partial charge >= 0.3 is 0 Å². The first-order valence-corrected chi connectivity index (χ1v) is 7.85. The maximum Gasteiger partial charge on any atom is 0.0659 e. The minimum absolute atomic E-state index is 0. The number of halogens is 2. The van der Waals surface area contributed by atoms with Crippen molar-refractivity contribution < 1.29 is 0 Å². The summed E-state index contributed by atoms with van der Waals surface area (Å²) in [7, 11) is 0. The maximum absolute atomic E-state index is 4.62. The average molecular weight is 472 g/mol. The van der Waals surface area contributed by atoms with Crippen molar-refractivity contribution in [1.82, 2.24) is 19.9 Å². The number of aromatic amines is 2. The molecule has 0 spiro atoms. The van der Waals surface area contributed by atoms with Gasteiger partial charge in [0, 0.05) is 22.1 Å². The predicted octanol–water partition coefficient (Wildman–Crippen LogP) is 5.81. The second-order valence-corrected chi connectivity index (χ2v) is 5.91. The number of hydrogen-bond acceptors (Lipinski definition) is 2. The van der Waals surface area contributed by atoms with Gasteiger partial charge in [-0.05, 0) is 72.8 Å². The average Bonchev–Trinajstić information content (AvgIpc) is 3.32. The van der Waals surface area contributed by atoms with Gasteiger partial charge in [0.25, 0.3) is 0 Å². The Morgan fingerprint density at radius 2 is 0.808 bits per heavy atom.